The predicted octanol–water partition coefficient (Wildman–Crippen LogP) is 8.02. The second kappa shape index (κ2) is 17.5. The highest BCUT2D eigenvalue weighted by Gasteiger charge is 2.49. The lowest BCUT2D eigenvalue weighted by Crippen LogP contribution is -2.58. The van der Waals surface area contributed by atoms with Crippen molar-refractivity contribution in [2.75, 3.05) is 49.7 Å². The Morgan fingerprint density at radius 1 is 1.00 bits per heavy atom. The van der Waals surface area contributed by atoms with E-state index < -0.39 is 21.0 Å². The standard InChI is InChI=1S/C48H51N9O7S/c1-30(2)37-8-3-4-9-38(37)41-29-62-20-19-57(41)35-25-48(26-35)13-17-56(18-14-48)34-10-11-39(42(23-34)64-36-21-31-12-16-50-45(31)51-27-36)46(58)55-65(60,61)43-24-40(54-59)44-47(53-43)63-28-33(52-44)22-32-7-5-6-15-49-32/h3-12,15-16,21,23-24,27,30,33,35,41,52H,13-14,17-20,22,25-26,28-29H2,1-2H3,(H,50,51)(H,55,58)/t33?,41-/m0/s1. The number of anilines is 2. The SMILES string of the molecule is CC(C)c1ccccc1[C@@H]1COCCN1C1CC2(CCN(c3ccc(C(=O)NS(=O)(=O)c4cc(N=O)c5c(n4)OCC(Cc4ccccn4)N5)c(Oc4cnc5[nH]ccc5c4)c3)CC2)C1. The number of hydrogen-bond acceptors (Lipinski definition) is 14. The van der Waals surface area contributed by atoms with Crippen molar-refractivity contribution < 1.29 is 27.4 Å². The molecule has 2 saturated heterocycles. The molecular formula is C48H51N9O7S. The van der Waals surface area contributed by atoms with Crippen LogP contribution >= 0.6 is 0 Å². The summed E-state index contributed by atoms with van der Waals surface area (Å²) in [6, 6.07) is 24.7. The number of carbonyl (C=O) groups excluding carboxylic acids is 1. The minimum Gasteiger partial charge on any atom is -0.474 e. The molecule has 2 aromatic carbocycles. The molecule has 7 heterocycles. The second-order valence-corrected chi connectivity index (χ2v) is 19.5. The van der Waals surface area contributed by atoms with Crippen LogP contribution in [0.4, 0.5) is 17.1 Å². The third-order valence-electron chi connectivity index (χ3n) is 13.4. The molecule has 1 aliphatic carbocycles. The van der Waals surface area contributed by atoms with Crippen molar-refractivity contribution >= 4 is 44.0 Å². The minimum absolute atomic E-state index is 0.0251. The number of ether oxygens (including phenoxy) is 3. The highest BCUT2D eigenvalue weighted by molar-refractivity contribution is 7.90. The van der Waals surface area contributed by atoms with Crippen molar-refractivity contribution in [1.29, 1.82) is 0 Å². The Bertz CT molecular complexity index is 2840. The number of nitrogens with zero attached hydrogens (tertiary/aromatic N) is 6. The van der Waals surface area contributed by atoms with Crippen molar-refractivity contribution in [1.82, 2.24) is 29.6 Å². The first-order valence-electron chi connectivity index (χ1n) is 22.2. The van der Waals surface area contributed by atoms with Crippen molar-refractivity contribution in [3.05, 3.63) is 125 Å². The summed E-state index contributed by atoms with van der Waals surface area (Å²) in [5.74, 6) is -0.117. The predicted molar refractivity (Wildman–Crippen MR) is 245 cm³/mol. The number of aromatic nitrogens is 4. The summed E-state index contributed by atoms with van der Waals surface area (Å²) >= 11 is 0. The van der Waals surface area contributed by atoms with Crippen LogP contribution in [0.25, 0.3) is 11.0 Å². The van der Waals surface area contributed by atoms with Gasteiger partial charge in [0, 0.05) is 73.4 Å². The average molecular weight is 898 g/mol. The Labute approximate surface area is 377 Å². The summed E-state index contributed by atoms with van der Waals surface area (Å²) < 4.78 is 48.0. The maximum atomic E-state index is 14.0. The van der Waals surface area contributed by atoms with Gasteiger partial charge >= 0.3 is 0 Å². The van der Waals surface area contributed by atoms with E-state index in [9.17, 15) is 18.1 Å². The largest absolute Gasteiger partial charge is 0.474 e. The fourth-order valence-electron chi connectivity index (χ4n) is 10.0. The molecule has 1 amide bonds. The van der Waals surface area contributed by atoms with Crippen molar-refractivity contribution in [3.63, 3.8) is 0 Å². The zero-order valence-electron chi connectivity index (χ0n) is 36.3. The lowest BCUT2D eigenvalue weighted by molar-refractivity contribution is -0.0912. The lowest BCUT2D eigenvalue weighted by Gasteiger charge is -2.57. The normalized spacial score (nSPS) is 19.8. The molecule has 3 N–H and O–H groups in total. The topological polar surface area (TPSA) is 193 Å². The number of nitrogens with one attached hydrogen (secondary N) is 3. The van der Waals surface area contributed by atoms with E-state index in [-0.39, 0.29) is 52.7 Å². The number of morpholine rings is 1. The van der Waals surface area contributed by atoms with Crippen LogP contribution in [-0.4, -0.2) is 90.7 Å². The van der Waals surface area contributed by atoms with Crippen LogP contribution in [0.1, 0.15) is 78.7 Å². The molecule has 65 heavy (non-hydrogen) atoms. The zero-order chi connectivity index (χ0) is 44.7. The molecular weight excluding hydrogens is 847 g/mol. The molecule has 1 unspecified atom stereocenters. The van der Waals surface area contributed by atoms with Gasteiger partial charge in [0.25, 0.3) is 15.9 Å². The zero-order valence-corrected chi connectivity index (χ0v) is 37.1. The highest BCUT2D eigenvalue weighted by Crippen LogP contribution is 2.53. The van der Waals surface area contributed by atoms with Gasteiger partial charge in [-0.15, -0.1) is 4.91 Å². The van der Waals surface area contributed by atoms with E-state index in [1.165, 1.54) is 11.1 Å². The molecule has 0 radical (unpaired) electrons. The van der Waals surface area contributed by atoms with Crippen LogP contribution < -0.4 is 24.4 Å². The van der Waals surface area contributed by atoms with Gasteiger partial charge in [-0.3, -0.25) is 14.7 Å². The van der Waals surface area contributed by atoms with Crippen molar-refractivity contribution in [3.8, 4) is 17.4 Å². The Kier molecular flexibility index (Phi) is 11.5. The number of rotatable bonds is 12. The number of carbonyl (C=O) groups is 1. The number of benzene rings is 2. The lowest BCUT2D eigenvalue weighted by atomic mass is 9.59. The minimum atomic E-state index is -4.65. The molecule has 0 bridgehead atoms. The Morgan fingerprint density at radius 2 is 1.83 bits per heavy atom. The number of piperidine rings is 1. The van der Waals surface area contributed by atoms with Gasteiger partial charge in [-0.05, 0) is 89.7 Å². The van der Waals surface area contributed by atoms with E-state index >= 15 is 0 Å². The van der Waals surface area contributed by atoms with E-state index in [1.54, 1.807) is 36.8 Å². The van der Waals surface area contributed by atoms with E-state index in [0.717, 1.165) is 74.8 Å². The molecule has 17 heteroatoms. The van der Waals surface area contributed by atoms with Gasteiger partial charge < -0.3 is 29.4 Å². The number of H-pyrrole nitrogens is 1. The summed E-state index contributed by atoms with van der Waals surface area (Å²) in [7, 11) is -4.65. The first-order chi connectivity index (χ1) is 31.5. The van der Waals surface area contributed by atoms with Crippen molar-refractivity contribution in [2.45, 2.75) is 75.0 Å². The first kappa shape index (κ1) is 42.5. The number of pyridine rings is 3. The molecule has 1 spiro atoms. The van der Waals surface area contributed by atoms with E-state index in [2.05, 4.69) is 83.1 Å². The third-order valence-corrected chi connectivity index (χ3v) is 14.7. The van der Waals surface area contributed by atoms with Crippen LogP contribution in [0, 0.1) is 10.3 Å². The number of fused-ring (bicyclic) bond motifs is 2. The third kappa shape index (κ3) is 8.62. The Balaban J connectivity index is 0.853. The molecule has 2 atom stereocenters. The molecule has 6 aromatic rings. The maximum absolute atomic E-state index is 14.0. The average Bonchev–Trinajstić information content (AvgIpc) is 3.79. The molecule has 3 aliphatic heterocycles. The van der Waals surface area contributed by atoms with Crippen LogP contribution in [0.3, 0.4) is 0 Å². The molecule has 336 valence electrons. The number of hydrogen-bond donors (Lipinski definition) is 3. The molecule has 1 saturated carbocycles. The van der Waals surface area contributed by atoms with Gasteiger partial charge in [0.05, 0.1) is 37.1 Å². The fraction of sp³-hybridized carbons (Fsp3) is 0.375. The number of sulfonamides is 1. The quantitative estimate of drug-likeness (QED) is 0.100. The summed E-state index contributed by atoms with van der Waals surface area (Å²) in [5.41, 5.74) is 5.27. The van der Waals surface area contributed by atoms with Crippen LogP contribution in [0.5, 0.6) is 17.4 Å². The molecule has 4 aliphatic rings. The van der Waals surface area contributed by atoms with Crippen molar-refractivity contribution in [2.24, 2.45) is 10.6 Å². The first-order valence-corrected chi connectivity index (χ1v) is 23.7. The van der Waals surface area contributed by atoms with Gasteiger partial charge in [0.2, 0.25) is 5.88 Å². The van der Waals surface area contributed by atoms with Crippen LogP contribution in [0.15, 0.2) is 108 Å². The van der Waals surface area contributed by atoms with Gasteiger partial charge in [-0.2, -0.15) is 13.4 Å². The molecule has 10 rings (SSSR count). The fourth-order valence-corrected chi connectivity index (χ4v) is 11.0. The summed E-state index contributed by atoms with van der Waals surface area (Å²) in [6.45, 7) is 8.69. The molecule has 16 nitrogen and oxygen atoms in total. The highest BCUT2D eigenvalue weighted by atomic mass is 32.2. The Hall–Kier alpha value is -6.43. The summed E-state index contributed by atoms with van der Waals surface area (Å²) in [6.07, 6.45) is 9.84. The van der Waals surface area contributed by atoms with Gasteiger partial charge in [-0.25, -0.2) is 9.71 Å². The van der Waals surface area contributed by atoms with Gasteiger partial charge in [0.15, 0.2) is 5.03 Å². The second-order valence-electron chi connectivity index (χ2n) is 17.9. The Morgan fingerprint density at radius 3 is 2.63 bits per heavy atom. The summed E-state index contributed by atoms with van der Waals surface area (Å²) in [5, 5.41) is 6.46. The monoisotopic (exact) mass is 897 g/mol. The van der Waals surface area contributed by atoms with Crippen LogP contribution in [-0.2, 0) is 21.2 Å². The molecule has 4 aromatic heterocycles. The number of aromatic amines is 1. The van der Waals surface area contributed by atoms with E-state index in [1.807, 2.05) is 30.3 Å². The van der Waals surface area contributed by atoms with Gasteiger partial charge in [0.1, 0.15) is 35.1 Å². The summed E-state index contributed by atoms with van der Waals surface area (Å²) in [4.78, 5) is 47.1. The smallest absolute Gasteiger partial charge is 0.282 e. The van der Waals surface area contributed by atoms with E-state index in [0.29, 0.717) is 36.4 Å². The van der Waals surface area contributed by atoms with E-state index in [4.69, 9.17) is 14.2 Å². The maximum Gasteiger partial charge on any atom is 0.282 e. The molecule has 3 fully saturated rings. The van der Waals surface area contributed by atoms with Gasteiger partial charge in [-0.1, -0.05) is 44.2 Å². The number of nitroso groups, excluding NO2 is 1. The van der Waals surface area contributed by atoms with Crippen LogP contribution in [0.2, 0.25) is 0 Å². The number of amides is 1.